The summed E-state index contributed by atoms with van der Waals surface area (Å²) in [4.78, 5) is 1.34. The smallest absolute Gasteiger partial charge is 0.0931 e. The zero-order chi connectivity index (χ0) is 15.5. The summed E-state index contributed by atoms with van der Waals surface area (Å²) in [5.41, 5.74) is 2.94. The molecule has 0 spiro atoms. The Morgan fingerprint density at radius 3 is 2.29 bits per heavy atom. The lowest BCUT2D eigenvalue weighted by Crippen LogP contribution is -2.21. The maximum Gasteiger partial charge on any atom is 0.0931 e. The van der Waals surface area contributed by atoms with Crippen molar-refractivity contribution in [3.05, 3.63) is 56.7 Å². The van der Waals surface area contributed by atoms with Crippen LogP contribution in [0.4, 0.5) is 0 Å². The molecule has 1 aromatic heterocycles. The third-order valence-corrected chi connectivity index (χ3v) is 5.02. The van der Waals surface area contributed by atoms with Crippen molar-refractivity contribution in [2.24, 2.45) is 0 Å². The molecule has 0 saturated carbocycles. The average molecular weight is 322 g/mol. The van der Waals surface area contributed by atoms with Crippen LogP contribution in [0.15, 0.2) is 36.4 Å². The molecule has 1 unspecified atom stereocenters. The molecule has 114 valence electrons. The second-order valence-corrected chi connectivity index (χ2v) is 8.30. The Balaban J connectivity index is 1.87. The average Bonchev–Trinajstić information content (AvgIpc) is 2.83. The Morgan fingerprint density at radius 2 is 1.76 bits per heavy atom. The summed E-state index contributed by atoms with van der Waals surface area (Å²) in [7, 11) is 0. The van der Waals surface area contributed by atoms with Gasteiger partial charge in [-0.25, -0.2) is 0 Å². The van der Waals surface area contributed by atoms with Crippen molar-refractivity contribution in [3.8, 4) is 0 Å². The fourth-order valence-corrected chi connectivity index (χ4v) is 3.37. The maximum absolute atomic E-state index is 5.95. The molecule has 0 aliphatic heterocycles. The second kappa shape index (κ2) is 6.95. The van der Waals surface area contributed by atoms with Crippen LogP contribution < -0.4 is 5.32 Å². The Morgan fingerprint density at radius 1 is 1.10 bits per heavy atom. The Labute approximate surface area is 137 Å². The summed E-state index contributed by atoms with van der Waals surface area (Å²) in [6, 6.07) is 13.4. The molecule has 0 fully saturated rings. The molecule has 0 radical (unpaired) electrons. The molecule has 1 aromatic carbocycles. The summed E-state index contributed by atoms with van der Waals surface area (Å²) >= 11 is 7.61. The van der Waals surface area contributed by atoms with Gasteiger partial charge in [-0.1, -0.05) is 56.6 Å². The molecular formula is C18H24ClNS. The van der Waals surface area contributed by atoms with E-state index < -0.39 is 0 Å². The lowest BCUT2D eigenvalue weighted by molar-refractivity contribution is 0.572. The summed E-state index contributed by atoms with van der Waals surface area (Å²) in [5.74, 6) is 0. The largest absolute Gasteiger partial charge is 0.310 e. The van der Waals surface area contributed by atoms with Crippen LogP contribution in [-0.2, 0) is 11.8 Å². The zero-order valence-corrected chi connectivity index (χ0v) is 14.8. The van der Waals surface area contributed by atoms with Gasteiger partial charge in [-0.15, -0.1) is 11.3 Å². The van der Waals surface area contributed by atoms with Gasteiger partial charge in [0.15, 0.2) is 0 Å². The predicted molar refractivity (Wildman–Crippen MR) is 94.6 cm³/mol. The zero-order valence-electron chi connectivity index (χ0n) is 13.2. The lowest BCUT2D eigenvalue weighted by atomic mass is 9.86. The molecule has 2 aromatic rings. The first-order valence-electron chi connectivity index (χ1n) is 7.44. The van der Waals surface area contributed by atoms with Crippen LogP contribution in [0, 0.1) is 0 Å². The number of hydrogen-bond acceptors (Lipinski definition) is 2. The van der Waals surface area contributed by atoms with E-state index in [-0.39, 0.29) is 5.41 Å². The predicted octanol–water partition coefficient (Wildman–Crippen LogP) is 5.59. The third kappa shape index (κ3) is 4.84. The summed E-state index contributed by atoms with van der Waals surface area (Å²) in [6.45, 7) is 9.92. The van der Waals surface area contributed by atoms with Crippen molar-refractivity contribution < 1.29 is 0 Å². The van der Waals surface area contributed by atoms with Crippen LogP contribution in [0.25, 0.3) is 0 Å². The fourth-order valence-electron chi connectivity index (χ4n) is 2.29. The van der Waals surface area contributed by atoms with Gasteiger partial charge in [0.2, 0.25) is 0 Å². The molecule has 0 saturated heterocycles. The van der Waals surface area contributed by atoms with Gasteiger partial charge in [0.05, 0.1) is 4.34 Å². The molecule has 1 heterocycles. The van der Waals surface area contributed by atoms with Crippen LogP contribution in [0.5, 0.6) is 0 Å². The maximum atomic E-state index is 5.95. The fraction of sp³-hybridized carbons (Fsp3) is 0.444. The Bertz CT molecular complexity index is 566. The minimum Gasteiger partial charge on any atom is -0.310 e. The molecular weight excluding hydrogens is 298 g/mol. The van der Waals surface area contributed by atoms with Gasteiger partial charge in [0.25, 0.3) is 0 Å². The van der Waals surface area contributed by atoms with E-state index in [2.05, 4.69) is 63.3 Å². The van der Waals surface area contributed by atoms with Crippen LogP contribution in [0.3, 0.4) is 0 Å². The first-order chi connectivity index (χ1) is 9.86. The highest BCUT2D eigenvalue weighted by molar-refractivity contribution is 7.16. The highest BCUT2D eigenvalue weighted by atomic mass is 35.5. The van der Waals surface area contributed by atoms with Gasteiger partial charge >= 0.3 is 0 Å². The van der Waals surface area contributed by atoms with Crippen molar-refractivity contribution in [3.63, 3.8) is 0 Å². The van der Waals surface area contributed by atoms with Crippen LogP contribution >= 0.6 is 22.9 Å². The molecule has 0 aliphatic rings. The van der Waals surface area contributed by atoms with E-state index in [1.165, 1.54) is 16.0 Å². The van der Waals surface area contributed by atoms with Gasteiger partial charge in [0.1, 0.15) is 0 Å². The highest BCUT2D eigenvalue weighted by Crippen LogP contribution is 2.24. The van der Waals surface area contributed by atoms with Crippen LogP contribution in [0.2, 0.25) is 4.34 Å². The van der Waals surface area contributed by atoms with Gasteiger partial charge in [-0.05, 0) is 42.0 Å². The Hall–Kier alpha value is -0.830. The molecule has 21 heavy (non-hydrogen) atoms. The van der Waals surface area contributed by atoms with E-state index in [4.69, 9.17) is 11.6 Å². The summed E-state index contributed by atoms with van der Waals surface area (Å²) < 4.78 is 0.871. The van der Waals surface area contributed by atoms with E-state index in [1.807, 2.05) is 6.07 Å². The van der Waals surface area contributed by atoms with E-state index in [0.717, 1.165) is 17.3 Å². The van der Waals surface area contributed by atoms with Crippen molar-refractivity contribution in [2.45, 2.75) is 45.6 Å². The minimum atomic E-state index is 0.216. The molecule has 0 amide bonds. The molecule has 0 aliphatic carbocycles. The van der Waals surface area contributed by atoms with E-state index in [1.54, 1.807) is 11.3 Å². The number of halogens is 1. The molecule has 1 N–H and O–H groups in total. The molecule has 3 heteroatoms. The first kappa shape index (κ1) is 16.5. The highest BCUT2D eigenvalue weighted by Gasteiger charge is 2.13. The molecule has 0 bridgehead atoms. The monoisotopic (exact) mass is 321 g/mol. The van der Waals surface area contributed by atoms with E-state index in [9.17, 15) is 0 Å². The van der Waals surface area contributed by atoms with Gasteiger partial charge in [0, 0.05) is 17.5 Å². The van der Waals surface area contributed by atoms with Gasteiger partial charge in [-0.2, -0.15) is 0 Å². The first-order valence-corrected chi connectivity index (χ1v) is 8.64. The number of nitrogens with one attached hydrogen (secondary N) is 1. The number of thiophene rings is 1. The molecule has 1 nitrogen and oxygen atoms in total. The minimum absolute atomic E-state index is 0.216. The van der Waals surface area contributed by atoms with Crippen LogP contribution in [0.1, 0.15) is 49.7 Å². The normalized spacial score (nSPS) is 13.4. The number of hydrogen-bond donors (Lipinski definition) is 1. The van der Waals surface area contributed by atoms with Crippen molar-refractivity contribution in [1.29, 1.82) is 0 Å². The Kier molecular flexibility index (Phi) is 5.48. The van der Waals surface area contributed by atoms with Gasteiger partial charge < -0.3 is 5.32 Å². The second-order valence-electron chi connectivity index (χ2n) is 6.50. The number of benzene rings is 1. The quantitative estimate of drug-likeness (QED) is 0.756. The third-order valence-electron chi connectivity index (χ3n) is 3.73. The van der Waals surface area contributed by atoms with Crippen molar-refractivity contribution in [2.75, 3.05) is 6.54 Å². The van der Waals surface area contributed by atoms with Crippen molar-refractivity contribution in [1.82, 2.24) is 5.32 Å². The number of rotatable bonds is 5. The van der Waals surface area contributed by atoms with Crippen LogP contribution in [-0.4, -0.2) is 6.54 Å². The van der Waals surface area contributed by atoms with Crippen molar-refractivity contribution >= 4 is 22.9 Å². The topological polar surface area (TPSA) is 12.0 Å². The lowest BCUT2D eigenvalue weighted by Gasteiger charge is -2.20. The SMILES string of the molecule is CC(NCCc1ccc(Cl)s1)c1ccc(C(C)(C)C)cc1. The van der Waals surface area contributed by atoms with E-state index >= 15 is 0 Å². The van der Waals surface area contributed by atoms with E-state index in [0.29, 0.717) is 6.04 Å². The summed E-state index contributed by atoms with van der Waals surface area (Å²) in [5, 5.41) is 3.58. The standard InChI is InChI=1S/C18H24ClNS/c1-13(20-12-11-16-9-10-17(19)21-16)14-5-7-15(8-6-14)18(2,3)4/h5-10,13,20H,11-12H2,1-4H3. The van der Waals surface area contributed by atoms with Gasteiger partial charge in [-0.3, -0.25) is 0 Å². The summed E-state index contributed by atoms with van der Waals surface area (Å²) in [6.07, 6.45) is 1.03. The molecule has 1 atom stereocenters. The molecule has 2 rings (SSSR count).